The van der Waals surface area contributed by atoms with E-state index in [-0.39, 0.29) is 23.0 Å². The number of phenolic OH excluding ortho intramolecular Hbond substituents is 2. The molecule has 2 rings (SSSR count). The van der Waals surface area contributed by atoms with Crippen molar-refractivity contribution in [3.05, 3.63) is 23.8 Å². The van der Waals surface area contributed by atoms with Gasteiger partial charge >= 0.3 is 0 Å². The van der Waals surface area contributed by atoms with Crippen LogP contribution < -0.4 is 0 Å². The van der Waals surface area contributed by atoms with E-state index in [1.807, 2.05) is 0 Å². The molecule has 98 valence electrons. The van der Waals surface area contributed by atoms with Gasteiger partial charge in [0.15, 0.2) is 11.5 Å². The van der Waals surface area contributed by atoms with Crippen molar-refractivity contribution in [2.75, 3.05) is 18.4 Å². The zero-order valence-electron chi connectivity index (χ0n) is 9.97. The van der Waals surface area contributed by atoms with Gasteiger partial charge in [0.1, 0.15) is 0 Å². The second-order valence-electron chi connectivity index (χ2n) is 4.56. The fourth-order valence-corrected chi connectivity index (χ4v) is 2.93. The maximum atomic E-state index is 12.2. The van der Waals surface area contributed by atoms with Crippen molar-refractivity contribution < 1.29 is 15.0 Å². The van der Waals surface area contributed by atoms with Crippen LogP contribution in [-0.4, -0.2) is 39.4 Å². The maximum absolute atomic E-state index is 12.2. The van der Waals surface area contributed by atoms with E-state index in [4.69, 9.17) is 0 Å². The molecule has 0 aromatic heterocycles. The fourth-order valence-electron chi connectivity index (χ4n) is 2.28. The lowest BCUT2D eigenvalue weighted by Gasteiger charge is -2.17. The van der Waals surface area contributed by atoms with Crippen LogP contribution in [0.2, 0.25) is 0 Å². The lowest BCUT2D eigenvalue weighted by Crippen LogP contribution is -2.28. The van der Waals surface area contributed by atoms with Crippen LogP contribution in [0.15, 0.2) is 18.2 Å². The summed E-state index contributed by atoms with van der Waals surface area (Å²) in [5.74, 6) is -0.267. The van der Waals surface area contributed by atoms with Gasteiger partial charge in [0.05, 0.1) is 5.56 Å². The molecule has 0 aliphatic carbocycles. The Hall–Kier alpha value is -1.23. The van der Waals surface area contributed by atoms with E-state index in [2.05, 4.69) is 15.9 Å². The van der Waals surface area contributed by atoms with Crippen molar-refractivity contribution >= 4 is 21.8 Å². The van der Waals surface area contributed by atoms with Gasteiger partial charge in [-0.25, -0.2) is 0 Å². The average Bonchev–Trinajstić information content (AvgIpc) is 2.81. The summed E-state index contributed by atoms with van der Waals surface area (Å²) in [7, 11) is 0. The number of hydrogen-bond acceptors (Lipinski definition) is 3. The number of halogens is 1. The van der Waals surface area contributed by atoms with Crippen LogP contribution in [0.4, 0.5) is 0 Å². The van der Waals surface area contributed by atoms with Crippen molar-refractivity contribution in [2.24, 2.45) is 5.92 Å². The third kappa shape index (κ3) is 2.61. The summed E-state index contributed by atoms with van der Waals surface area (Å²) in [5, 5.41) is 20.0. The number of carbonyl (C=O) groups is 1. The molecule has 2 N–H and O–H groups in total. The largest absolute Gasteiger partial charge is 0.504 e. The van der Waals surface area contributed by atoms with Gasteiger partial charge in [-0.15, -0.1) is 0 Å². The molecular weight excluding hydrogens is 298 g/mol. The number of likely N-dealkylation sites (tertiary alicyclic amines) is 1. The Morgan fingerprint density at radius 2 is 2.22 bits per heavy atom. The Bertz CT molecular complexity index is 450. The molecular formula is C13H16BrNO3. The second kappa shape index (κ2) is 5.61. The number of phenols is 2. The molecule has 4 nitrogen and oxygen atoms in total. The van der Waals surface area contributed by atoms with Gasteiger partial charge < -0.3 is 15.1 Å². The van der Waals surface area contributed by atoms with Crippen molar-refractivity contribution in [3.63, 3.8) is 0 Å². The summed E-state index contributed by atoms with van der Waals surface area (Å²) in [6, 6.07) is 4.47. The minimum atomic E-state index is -0.327. The quantitative estimate of drug-likeness (QED) is 0.665. The molecule has 1 heterocycles. The van der Waals surface area contributed by atoms with Gasteiger partial charge in [-0.1, -0.05) is 22.0 Å². The predicted octanol–water partition coefficient (Wildman–Crippen LogP) is 2.34. The van der Waals surface area contributed by atoms with Crippen molar-refractivity contribution in [1.82, 2.24) is 4.90 Å². The lowest BCUT2D eigenvalue weighted by atomic mass is 10.1. The van der Waals surface area contributed by atoms with E-state index in [0.29, 0.717) is 12.5 Å². The number of amides is 1. The predicted molar refractivity (Wildman–Crippen MR) is 72.2 cm³/mol. The molecule has 1 aliphatic rings. The molecule has 1 aromatic rings. The number of carbonyl (C=O) groups excluding carboxylic acids is 1. The van der Waals surface area contributed by atoms with Gasteiger partial charge in [0, 0.05) is 18.4 Å². The van der Waals surface area contributed by atoms with Gasteiger partial charge in [-0.3, -0.25) is 4.79 Å². The number of para-hydroxylation sites is 1. The van der Waals surface area contributed by atoms with Gasteiger partial charge in [-0.05, 0) is 30.9 Å². The lowest BCUT2D eigenvalue weighted by molar-refractivity contribution is 0.0783. The molecule has 0 spiro atoms. The Morgan fingerprint density at radius 3 is 2.94 bits per heavy atom. The third-order valence-electron chi connectivity index (χ3n) is 3.34. The number of benzene rings is 1. The minimum absolute atomic E-state index is 0.175. The number of hydrogen-bond donors (Lipinski definition) is 2. The molecule has 1 amide bonds. The van der Waals surface area contributed by atoms with Crippen LogP contribution in [0.1, 0.15) is 23.2 Å². The molecule has 18 heavy (non-hydrogen) atoms. The van der Waals surface area contributed by atoms with E-state index >= 15 is 0 Å². The normalized spacial score (nSPS) is 19.2. The first-order chi connectivity index (χ1) is 8.63. The van der Waals surface area contributed by atoms with Crippen LogP contribution in [0, 0.1) is 5.92 Å². The Kier molecular flexibility index (Phi) is 4.11. The van der Waals surface area contributed by atoms with E-state index < -0.39 is 0 Å². The highest BCUT2D eigenvalue weighted by Crippen LogP contribution is 2.30. The Balaban J connectivity index is 2.11. The number of rotatable bonds is 3. The molecule has 0 radical (unpaired) electrons. The summed E-state index contributed by atoms with van der Waals surface area (Å²) < 4.78 is 0. The zero-order valence-corrected chi connectivity index (χ0v) is 11.6. The van der Waals surface area contributed by atoms with Crippen molar-refractivity contribution in [3.8, 4) is 11.5 Å². The first-order valence-electron chi connectivity index (χ1n) is 5.99. The third-order valence-corrected chi connectivity index (χ3v) is 3.79. The Labute approximate surface area is 114 Å². The van der Waals surface area contributed by atoms with Crippen LogP contribution in [0.25, 0.3) is 0 Å². The van der Waals surface area contributed by atoms with Crippen molar-refractivity contribution in [1.29, 1.82) is 0 Å². The fraction of sp³-hybridized carbons (Fsp3) is 0.462. The SMILES string of the molecule is O=C(c1cccc(O)c1O)N1CCC(CCBr)C1. The monoisotopic (exact) mass is 313 g/mol. The molecule has 5 heteroatoms. The minimum Gasteiger partial charge on any atom is -0.504 e. The molecule has 0 bridgehead atoms. The molecule has 1 saturated heterocycles. The van der Waals surface area contributed by atoms with Gasteiger partial charge in [-0.2, -0.15) is 0 Å². The molecule has 1 unspecified atom stereocenters. The second-order valence-corrected chi connectivity index (χ2v) is 5.35. The summed E-state index contributed by atoms with van der Waals surface area (Å²) >= 11 is 3.41. The van der Waals surface area contributed by atoms with Crippen LogP contribution in [0.3, 0.4) is 0 Å². The first-order valence-corrected chi connectivity index (χ1v) is 7.11. The van der Waals surface area contributed by atoms with Gasteiger partial charge in [0.25, 0.3) is 5.91 Å². The summed E-state index contributed by atoms with van der Waals surface area (Å²) in [6.45, 7) is 1.44. The summed E-state index contributed by atoms with van der Waals surface area (Å²) in [5.41, 5.74) is 0.175. The highest BCUT2D eigenvalue weighted by atomic mass is 79.9. The molecule has 1 aliphatic heterocycles. The average molecular weight is 314 g/mol. The number of nitrogens with zero attached hydrogens (tertiary/aromatic N) is 1. The van der Waals surface area contributed by atoms with Crippen LogP contribution >= 0.6 is 15.9 Å². The van der Waals surface area contributed by atoms with E-state index in [9.17, 15) is 15.0 Å². The summed E-state index contributed by atoms with van der Waals surface area (Å²) in [4.78, 5) is 14.0. The van der Waals surface area contributed by atoms with Crippen LogP contribution in [0.5, 0.6) is 11.5 Å². The molecule has 1 aromatic carbocycles. The maximum Gasteiger partial charge on any atom is 0.257 e. The zero-order chi connectivity index (χ0) is 13.1. The summed E-state index contributed by atoms with van der Waals surface area (Å²) in [6.07, 6.45) is 2.05. The van der Waals surface area contributed by atoms with Gasteiger partial charge in [0.2, 0.25) is 0 Å². The van der Waals surface area contributed by atoms with E-state index in [1.54, 1.807) is 11.0 Å². The standard InChI is InChI=1S/C13H16BrNO3/c14-6-4-9-5-7-15(8-9)13(18)10-2-1-3-11(16)12(10)17/h1-3,9,16-17H,4-8H2. The van der Waals surface area contributed by atoms with E-state index in [0.717, 1.165) is 24.7 Å². The highest BCUT2D eigenvalue weighted by Gasteiger charge is 2.28. The Morgan fingerprint density at radius 1 is 1.44 bits per heavy atom. The molecule has 1 atom stereocenters. The first kappa shape index (κ1) is 13.2. The topological polar surface area (TPSA) is 60.8 Å². The molecule has 0 saturated carbocycles. The number of aromatic hydroxyl groups is 2. The number of alkyl halides is 1. The highest BCUT2D eigenvalue weighted by molar-refractivity contribution is 9.09. The van der Waals surface area contributed by atoms with E-state index in [1.165, 1.54) is 12.1 Å². The smallest absolute Gasteiger partial charge is 0.257 e. The van der Waals surface area contributed by atoms with Crippen LogP contribution in [-0.2, 0) is 0 Å². The molecule has 1 fully saturated rings. The van der Waals surface area contributed by atoms with Crippen molar-refractivity contribution in [2.45, 2.75) is 12.8 Å².